The SMILES string of the molecule is COc1cc(C=C[C@H]2C3=CC[C@@H]4C(=O)N(CCCCCC(=O)O)C(=O)[C@@H]4[C@@H]3C[C@@]3(Cl)C(=O)N(CBr)C(=O)[C@@]23Cl)ccc1O. The summed E-state index contributed by atoms with van der Waals surface area (Å²) in [6.07, 6.45) is 6.91. The molecule has 2 N–H and O–H groups in total. The number of carboxylic acid groups (broad SMARTS) is 1. The Morgan fingerprint density at radius 1 is 1.09 bits per heavy atom. The number of carbonyl (C=O) groups excluding carboxylic acids is 4. The van der Waals surface area contributed by atoms with E-state index >= 15 is 0 Å². The van der Waals surface area contributed by atoms with Crippen molar-refractivity contribution in [1.29, 1.82) is 0 Å². The summed E-state index contributed by atoms with van der Waals surface area (Å²) in [6.45, 7) is 0.179. The predicted molar refractivity (Wildman–Crippen MR) is 161 cm³/mol. The number of methoxy groups -OCH3 is 1. The molecule has 3 fully saturated rings. The molecule has 0 spiro atoms. The van der Waals surface area contributed by atoms with Gasteiger partial charge in [-0.1, -0.05) is 52.2 Å². The lowest BCUT2D eigenvalue weighted by atomic mass is 9.57. The minimum absolute atomic E-state index is 0.0183. The summed E-state index contributed by atoms with van der Waals surface area (Å²) in [5, 5.41) is 18.9. The van der Waals surface area contributed by atoms with E-state index in [1.807, 2.05) is 6.08 Å². The van der Waals surface area contributed by atoms with Crippen LogP contribution >= 0.6 is 39.1 Å². The van der Waals surface area contributed by atoms with Gasteiger partial charge in [0.05, 0.1) is 24.4 Å². The lowest BCUT2D eigenvalue weighted by Crippen LogP contribution is -2.60. The molecule has 1 saturated carbocycles. The average molecular weight is 698 g/mol. The fourth-order valence-electron chi connectivity index (χ4n) is 7.02. The maximum absolute atomic E-state index is 13.8. The molecule has 1 aromatic carbocycles. The van der Waals surface area contributed by atoms with Crippen LogP contribution in [0.3, 0.4) is 0 Å². The van der Waals surface area contributed by atoms with Gasteiger partial charge in [0.25, 0.3) is 11.8 Å². The summed E-state index contributed by atoms with van der Waals surface area (Å²) < 4.78 is 5.21. The van der Waals surface area contributed by atoms with Gasteiger partial charge in [-0.2, -0.15) is 0 Å². The molecule has 0 bridgehead atoms. The zero-order valence-electron chi connectivity index (χ0n) is 23.3. The van der Waals surface area contributed by atoms with E-state index in [9.17, 15) is 29.1 Å². The predicted octanol–water partition coefficient (Wildman–Crippen LogP) is 4.30. The molecular formula is C30H31BrCl2N2O8. The summed E-state index contributed by atoms with van der Waals surface area (Å²) in [5.41, 5.74) is 1.19. The van der Waals surface area contributed by atoms with E-state index in [1.165, 1.54) is 18.1 Å². The smallest absolute Gasteiger partial charge is 0.303 e. The monoisotopic (exact) mass is 696 g/mol. The number of likely N-dealkylation sites (tertiary alicyclic amines) is 2. The quantitative estimate of drug-likeness (QED) is 0.121. The first-order chi connectivity index (χ1) is 20.4. The van der Waals surface area contributed by atoms with Crippen LogP contribution in [-0.4, -0.2) is 78.5 Å². The second-order valence-electron chi connectivity index (χ2n) is 11.4. The summed E-state index contributed by atoms with van der Waals surface area (Å²) in [4.78, 5) is 63.9. The average Bonchev–Trinajstić information content (AvgIpc) is 3.30. The van der Waals surface area contributed by atoms with Crippen molar-refractivity contribution in [1.82, 2.24) is 9.80 Å². The number of aliphatic carboxylic acids is 1. The number of alkyl halides is 3. The van der Waals surface area contributed by atoms with Crippen LogP contribution < -0.4 is 4.74 Å². The molecule has 0 radical (unpaired) electrons. The lowest BCUT2D eigenvalue weighted by molar-refractivity contribution is -0.141. The van der Waals surface area contributed by atoms with E-state index in [2.05, 4.69) is 15.9 Å². The second-order valence-corrected chi connectivity index (χ2v) is 13.1. The van der Waals surface area contributed by atoms with Gasteiger partial charge in [-0.25, -0.2) is 0 Å². The van der Waals surface area contributed by atoms with Gasteiger partial charge >= 0.3 is 5.97 Å². The number of phenols is 1. The summed E-state index contributed by atoms with van der Waals surface area (Å²) in [6, 6.07) is 4.71. The molecule has 2 saturated heterocycles. The topological polar surface area (TPSA) is 142 Å². The minimum atomic E-state index is -1.89. The van der Waals surface area contributed by atoms with Gasteiger partial charge in [0, 0.05) is 18.9 Å². The number of unbranched alkanes of at least 4 members (excludes halogenated alkanes) is 2. The standard InChI is InChI=1S/C30H31BrCl2N2O8/c1-43-22-13-16(7-11-21(22)36)6-10-20-17-8-9-18-24(26(40)34(25(18)39)12-4-2-3-5-23(37)38)19(17)14-29(32)27(41)35(15-31)28(42)30(20,29)33/h6-8,10-11,13,18-20,24,36H,2-5,9,12,14-15H2,1H3,(H,37,38)/t18-,19+,20-,24-,29+,30-/m0/s1. The van der Waals surface area contributed by atoms with Crippen LogP contribution in [0.25, 0.3) is 6.08 Å². The van der Waals surface area contributed by atoms with E-state index in [-0.39, 0.29) is 54.6 Å². The summed E-state index contributed by atoms with van der Waals surface area (Å²) in [7, 11) is 1.42. The van der Waals surface area contributed by atoms with Gasteiger partial charge in [-0.15, -0.1) is 23.2 Å². The number of nitrogens with zero attached hydrogens (tertiary/aromatic N) is 2. The molecule has 5 rings (SSSR count). The molecule has 2 heterocycles. The molecule has 230 valence electrons. The Bertz CT molecular complexity index is 1450. The highest BCUT2D eigenvalue weighted by atomic mass is 79.9. The van der Waals surface area contributed by atoms with Crippen molar-refractivity contribution in [2.75, 3.05) is 19.1 Å². The highest BCUT2D eigenvalue weighted by molar-refractivity contribution is 9.09. The van der Waals surface area contributed by atoms with Crippen molar-refractivity contribution in [3.05, 3.63) is 41.5 Å². The lowest BCUT2D eigenvalue weighted by Gasteiger charge is -2.49. The van der Waals surface area contributed by atoms with Crippen LogP contribution in [0.5, 0.6) is 11.5 Å². The minimum Gasteiger partial charge on any atom is -0.504 e. The number of phenolic OH excluding ortho intramolecular Hbond substituents is 1. The van der Waals surface area contributed by atoms with Crippen molar-refractivity contribution >= 4 is 74.8 Å². The second kappa shape index (κ2) is 11.9. The molecule has 4 aliphatic rings. The van der Waals surface area contributed by atoms with Crippen molar-refractivity contribution < 1.29 is 38.9 Å². The van der Waals surface area contributed by atoms with Crippen LogP contribution in [0.1, 0.15) is 44.1 Å². The van der Waals surface area contributed by atoms with Crippen molar-refractivity contribution in [3.8, 4) is 11.5 Å². The van der Waals surface area contributed by atoms with Gasteiger partial charge in [-0.05, 0) is 49.3 Å². The van der Waals surface area contributed by atoms with Gasteiger partial charge < -0.3 is 14.9 Å². The maximum Gasteiger partial charge on any atom is 0.303 e. The molecule has 4 amide bonds. The molecule has 43 heavy (non-hydrogen) atoms. The first-order valence-electron chi connectivity index (χ1n) is 14.0. The number of fused-ring (bicyclic) bond motifs is 4. The Hall–Kier alpha value is -2.89. The van der Waals surface area contributed by atoms with Crippen LogP contribution in [0, 0.1) is 23.7 Å². The van der Waals surface area contributed by atoms with Gasteiger partial charge in [0.2, 0.25) is 11.8 Å². The number of benzene rings is 1. The van der Waals surface area contributed by atoms with E-state index in [0.717, 1.165) is 4.90 Å². The highest BCUT2D eigenvalue weighted by Gasteiger charge is 2.75. The first kappa shape index (κ1) is 31.5. The van der Waals surface area contributed by atoms with Gasteiger partial charge in [-0.3, -0.25) is 33.8 Å². The fraction of sp³-hybridized carbons (Fsp3) is 0.500. The molecule has 2 aliphatic heterocycles. The normalized spacial score (nSPS) is 31.8. The van der Waals surface area contributed by atoms with Crippen LogP contribution in [0.15, 0.2) is 35.9 Å². The van der Waals surface area contributed by atoms with Crippen molar-refractivity contribution in [2.45, 2.75) is 48.3 Å². The number of aromatic hydroxyl groups is 1. The number of halogens is 3. The molecule has 6 atom stereocenters. The summed E-state index contributed by atoms with van der Waals surface area (Å²) in [5.74, 6) is -5.58. The number of amides is 4. The Balaban J connectivity index is 1.51. The number of ether oxygens (including phenoxy) is 1. The van der Waals surface area contributed by atoms with Crippen molar-refractivity contribution in [3.63, 3.8) is 0 Å². The third-order valence-corrected chi connectivity index (χ3v) is 11.1. The number of hydrogen-bond donors (Lipinski definition) is 2. The molecule has 2 aliphatic carbocycles. The fourth-order valence-corrected chi connectivity index (χ4v) is 8.40. The molecule has 0 aromatic heterocycles. The molecule has 1 aromatic rings. The van der Waals surface area contributed by atoms with E-state index in [4.69, 9.17) is 33.0 Å². The number of carbonyl (C=O) groups is 5. The summed E-state index contributed by atoms with van der Waals surface area (Å²) >= 11 is 17.5. The van der Waals surface area contributed by atoms with Crippen LogP contribution in [0.2, 0.25) is 0 Å². The number of hydrogen-bond acceptors (Lipinski definition) is 7. The Kier molecular flexibility index (Phi) is 8.72. The Morgan fingerprint density at radius 3 is 2.51 bits per heavy atom. The van der Waals surface area contributed by atoms with E-state index in [1.54, 1.807) is 24.3 Å². The van der Waals surface area contributed by atoms with Crippen LogP contribution in [-0.2, 0) is 24.0 Å². The Morgan fingerprint density at radius 2 is 1.84 bits per heavy atom. The maximum atomic E-state index is 13.8. The third kappa shape index (κ3) is 4.97. The van der Waals surface area contributed by atoms with E-state index in [0.29, 0.717) is 30.4 Å². The number of imide groups is 2. The van der Waals surface area contributed by atoms with E-state index < -0.39 is 51.2 Å². The molecule has 10 nitrogen and oxygen atoms in total. The van der Waals surface area contributed by atoms with Gasteiger partial charge in [0.15, 0.2) is 21.2 Å². The third-order valence-electron chi connectivity index (χ3n) is 9.12. The molecule has 0 unspecified atom stereocenters. The zero-order chi connectivity index (χ0) is 31.3. The number of carboxylic acids is 1. The molecule has 13 heteroatoms. The largest absolute Gasteiger partial charge is 0.504 e. The first-order valence-corrected chi connectivity index (χ1v) is 15.9. The zero-order valence-corrected chi connectivity index (χ0v) is 26.4. The number of allylic oxidation sites excluding steroid dienone is 3. The van der Waals surface area contributed by atoms with Crippen molar-refractivity contribution in [2.24, 2.45) is 23.7 Å². The Labute approximate surface area is 266 Å². The van der Waals surface area contributed by atoms with Crippen LogP contribution in [0.4, 0.5) is 0 Å². The van der Waals surface area contributed by atoms with Gasteiger partial charge in [0.1, 0.15) is 0 Å². The number of rotatable bonds is 10. The molecular weight excluding hydrogens is 667 g/mol. The highest BCUT2D eigenvalue weighted by Crippen LogP contribution is 2.63.